The quantitative estimate of drug-likeness (QED) is 0.0427. The largest absolute Gasteiger partial charge is 0.460 e. The second-order valence-corrected chi connectivity index (χ2v) is 20.3. The zero-order chi connectivity index (χ0) is 54.0. The van der Waals surface area contributed by atoms with Crippen LogP contribution in [-0.4, -0.2) is 176 Å². The van der Waals surface area contributed by atoms with Gasteiger partial charge in [0.05, 0.1) is 65.9 Å². The van der Waals surface area contributed by atoms with E-state index in [1.165, 1.54) is 0 Å². The van der Waals surface area contributed by atoms with Gasteiger partial charge in [0.1, 0.15) is 0 Å². The van der Waals surface area contributed by atoms with Gasteiger partial charge in [-0.15, -0.1) is 0 Å². The van der Waals surface area contributed by atoms with Crippen LogP contribution in [0, 0.1) is 0 Å². The maximum absolute atomic E-state index is 14.0. The van der Waals surface area contributed by atoms with E-state index in [-0.39, 0.29) is 34.9 Å². The summed E-state index contributed by atoms with van der Waals surface area (Å²) in [6.07, 6.45) is -19.9. The fourth-order valence-corrected chi connectivity index (χ4v) is 7.79. The van der Waals surface area contributed by atoms with Crippen LogP contribution in [0.5, 0.6) is 0 Å². The van der Waals surface area contributed by atoms with Crippen LogP contribution in [0.4, 0.5) is 114 Å². The summed E-state index contributed by atoms with van der Waals surface area (Å²) in [6.45, 7) is -0.318. The zero-order valence-corrected chi connectivity index (χ0v) is 36.4. The van der Waals surface area contributed by atoms with Gasteiger partial charge in [-0.05, 0) is 19.3 Å². The first-order valence-electron chi connectivity index (χ1n) is 18.5. The second-order valence-electron chi connectivity index (χ2n) is 16.5. The molecule has 67 heavy (non-hydrogen) atoms. The van der Waals surface area contributed by atoms with E-state index >= 15 is 0 Å². The minimum absolute atomic E-state index is 0.103. The average Bonchev–Trinajstić information content (AvgIpc) is 3.12. The summed E-state index contributed by atoms with van der Waals surface area (Å²) in [5.74, 6) is -81.2. The Morgan fingerprint density at radius 3 is 0.791 bits per heavy atom. The number of hydrogen-bond acceptors (Lipinski definition) is 4. The Morgan fingerprint density at radius 1 is 0.328 bits per heavy atom. The summed E-state index contributed by atoms with van der Waals surface area (Å²) in [5, 5.41) is 0. The third kappa shape index (κ3) is 14.5. The minimum atomic E-state index is -8.14. The molecule has 0 aromatic rings. The molecule has 0 saturated carbocycles. The number of nitrogens with zero attached hydrogens (tertiary/aromatic N) is 2. The van der Waals surface area contributed by atoms with Crippen molar-refractivity contribution in [2.75, 3.05) is 79.0 Å². The Bertz CT molecular complexity index is 1710. The highest BCUT2D eigenvalue weighted by atomic mass is 32.2. The molecule has 0 bridgehead atoms. The van der Waals surface area contributed by atoms with E-state index in [0.717, 1.165) is 0 Å². The molecule has 36 heteroatoms. The maximum Gasteiger partial charge on any atom is 0.460 e. The van der Waals surface area contributed by atoms with Gasteiger partial charge in [0.25, 0.3) is 0 Å². The van der Waals surface area contributed by atoms with Gasteiger partial charge in [0.2, 0.25) is 20.0 Å². The van der Waals surface area contributed by atoms with E-state index in [1.54, 1.807) is 37.6 Å². The molecular formula is C31H44F26N4O4S2+2. The van der Waals surface area contributed by atoms with Gasteiger partial charge in [-0.1, -0.05) is 0 Å². The van der Waals surface area contributed by atoms with Crippen molar-refractivity contribution in [2.24, 2.45) is 0 Å². The molecular weight excluding hydrogens is 1050 g/mol. The molecule has 0 radical (unpaired) electrons. The van der Waals surface area contributed by atoms with Gasteiger partial charge in [-0.25, -0.2) is 26.3 Å². The molecule has 0 aromatic carbocycles. The third-order valence-corrected chi connectivity index (χ3v) is 12.7. The van der Waals surface area contributed by atoms with E-state index in [1.807, 2.05) is 0 Å². The third-order valence-electron chi connectivity index (χ3n) is 9.92. The van der Waals surface area contributed by atoms with Gasteiger partial charge in [-0.3, -0.25) is 0 Å². The maximum atomic E-state index is 14.0. The van der Waals surface area contributed by atoms with Crippen molar-refractivity contribution in [3.05, 3.63) is 0 Å². The van der Waals surface area contributed by atoms with Crippen molar-refractivity contribution in [1.82, 2.24) is 9.44 Å². The fraction of sp³-hybridized carbons (Fsp3) is 1.00. The fourth-order valence-electron chi connectivity index (χ4n) is 5.54. The molecule has 0 unspecified atom stereocenters. The Balaban J connectivity index is 4.98. The number of halogens is 26. The predicted octanol–water partition coefficient (Wildman–Crippen LogP) is 9.19. The van der Waals surface area contributed by atoms with Crippen molar-refractivity contribution in [3.8, 4) is 0 Å². The summed E-state index contributed by atoms with van der Waals surface area (Å²) in [6, 6.07) is 0. The Kier molecular flexibility index (Phi) is 19.9. The van der Waals surface area contributed by atoms with Gasteiger partial charge in [-0.2, -0.15) is 114 Å². The second kappa shape index (κ2) is 20.6. The lowest BCUT2D eigenvalue weighted by atomic mass is 9.93. The van der Waals surface area contributed by atoms with Crippen molar-refractivity contribution in [2.45, 2.75) is 117 Å². The molecule has 404 valence electrons. The minimum Gasteiger partial charge on any atom is -0.328 e. The van der Waals surface area contributed by atoms with Gasteiger partial charge < -0.3 is 8.97 Å². The lowest BCUT2D eigenvalue weighted by Gasteiger charge is -2.39. The molecule has 0 atom stereocenters. The number of quaternary nitrogens is 2. The molecule has 0 rings (SSSR count). The van der Waals surface area contributed by atoms with Gasteiger partial charge in [0, 0.05) is 38.8 Å². The predicted molar refractivity (Wildman–Crippen MR) is 181 cm³/mol. The molecule has 8 nitrogen and oxygen atoms in total. The normalized spacial score (nSPS) is 16.0. The van der Waals surface area contributed by atoms with Crippen LogP contribution in [0.1, 0.15) is 44.9 Å². The molecule has 0 aliphatic rings. The first-order valence-corrected chi connectivity index (χ1v) is 21.8. The molecule has 0 fully saturated rings. The number of nitrogens with one attached hydrogen (secondary N) is 2. The number of alkyl halides is 26. The Hall–Kier alpha value is -2.08. The molecule has 0 heterocycles. The van der Waals surface area contributed by atoms with Crippen LogP contribution < -0.4 is 9.44 Å². The van der Waals surface area contributed by atoms with Crippen molar-refractivity contribution < 1.29 is 140 Å². The Labute approximate surface area is 365 Å². The summed E-state index contributed by atoms with van der Waals surface area (Å²) < 4.78 is 397. The molecule has 0 aliphatic carbocycles. The van der Waals surface area contributed by atoms with E-state index in [9.17, 15) is 131 Å². The van der Waals surface area contributed by atoms with E-state index < -0.39 is 129 Å². The van der Waals surface area contributed by atoms with Crippen molar-refractivity contribution >= 4 is 20.0 Å². The van der Waals surface area contributed by atoms with Crippen molar-refractivity contribution in [3.63, 3.8) is 0 Å². The highest BCUT2D eigenvalue weighted by Gasteiger charge is 2.92. The lowest BCUT2D eigenvalue weighted by molar-refractivity contribution is -0.892. The van der Waals surface area contributed by atoms with Gasteiger partial charge in [0.15, 0.2) is 0 Å². The van der Waals surface area contributed by atoms with E-state index in [2.05, 4.69) is 0 Å². The summed E-state index contributed by atoms with van der Waals surface area (Å²) in [7, 11) is -3.80. The molecule has 0 amide bonds. The van der Waals surface area contributed by atoms with E-state index in [4.69, 9.17) is 0 Å². The van der Waals surface area contributed by atoms with Crippen LogP contribution in [-0.2, 0) is 20.0 Å². The number of rotatable bonds is 30. The summed E-state index contributed by atoms with van der Waals surface area (Å²) in [5.41, 5.74) is 0. The van der Waals surface area contributed by atoms with Crippen LogP contribution in [0.3, 0.4) is 0 Å². The molecule has 2 N–H and O–H groups in total. The molecule has 0 aromatic heterocycles. The van der Waals surface area contributed by atoms with Gasteiger partial charge >= 0.3 is 71.6 Å². The zero-order valence-electron chi connectivity index (χ0n) is 34.8. The topological polar surface area (TPSA) is 92.3 Å². The molecule has 0 spiro atoms. The molecule has 0 aliphatic heterocycles. The number of hydrogen-bond donors (Lipinski definition) is 2. The first-order chi connectivity index (χ1) is 29.0. The van der Waals surface area contributed by atoms with Crippen LogP contribution >= 0.6 is 0 Å². The standard InChI is InChI=1S/C31H44F26N4O4S2/c1-60(2,16-8-12-58-66(62,63)18-10-20(32,33)22(36,37)24(40,41)26(44,45)28(48,49)30(52,53)54)14-6-5-7-15-61(3,4)17-9-13-59-67(64,65)19-11-21(34,35)23(38,39)25(42,43)27(46,47)29(50,51)31(55,56)57/h58-59H,5-19H2,1-4H3/q+2. The molecule has 0 saturated heterocycles. The van der Waals surface area contributed by atoms with Crippen LogP contribution in [0.2, 0.25) is 0 Å². The lowest BCUT2D eigenvalue weighted by Crippen LogP contribution is -2.70. The highest BCUT2D eigenvalue weighted by molar-refractivity contribution is 7.89. The van der Waals surface area contributed by atoms with Crippen LogP contribution in [0.15, 0.2) is 0 Å². The highest BCUT2D eigenvalue weighted by Crippen LogP contribution is 2.62. The smallest absolute Gasteiger partial charge is 0.328 e. The first kappa shape index (κ1) is 64.9. The number of unbranched alkanes of at least 4 members (excludes halogenated alkanes) is 2. The Morgan fingerprint density at radius 2 is 0.552 bits per heavy atom. The SMILES string of the molecule is C[N+](C)(CCCCC[N+](C)(C)CCCNS(=O)(=O)CCC(F)(F)C(F)(F)C(F)(F)C(F)(F)C(F)(F)C(F)(F)F)CCCNS(=O)(=O)CCC(F)(F)C(F)(F)C(F)(F)C(F)(F)C(F)(F)C(F)(F)F. The summed E-state index contributed by atoms with van der Waals surface area (Å²) in [4.78, 5) is 0. The number of sulfonamides is 2. The average molecular weight is 1090 g/mol. The van der Waals surface area contributed by atoms with E-state index in [0.29, 0.717) is 32.4 Å². The monoisotopic (exact) mass is 1090 g/mol. The van der Waals surface area contributed by atoms with Crippen LogP contribution in [0.25, 0.3) is 0 Å². The van der Waals surface area contributed by atoms with Crippen molar-refractivity contribution in [1.29, 1.82) is 0 Å². The summed E-state index contributed by atoms with van der Waals surface area (Å²) >= 11 is 0.